The molecule has 1 fully saturated rings. The lowest BCUT2D eigenvalue weighted by Gasteiger charge is -2.22. The Morgan fingerprint density at radius 2 is 2.35 bits per heavy atom. The lowest BCUT2D eigenvalue weighted by atomic mass is 10.2. The molecule has 0 saturated heterocycles. The van der Waals surface area contributed by atoms with Gasteiger partial charge in [0.25, 0.3) is 5.91 Å². The summed E-state index contributed by atoms with van der Waals surface area (Å²) in [4.78, 5) is 18.5. The molecule has 0 aliphatic heterocycles. The van der Waals surface area contributed by atoms with Crippen LogP contribution in [0.1, 0.15) is 35.3 Å². The zero-order valence-corrected chi connectivity index (χ0v) is 10.2. The predicted octanol–water partition coefficient (Wildman–Crippen LogP) is 1.34. The van der Waals surface area contributed by atoms with E-state index in [-0.39, 0.29) is 5.91 Å². The van der Waals surface area contributed by atoms with Crippen LogP contribution < -0.4 is 5.73 Å². The summed E-state index contributed by atoms with van der Waals surface area (Å²) < 4.78 is 0. The normalized spacial score (nSPS) is 14.7. The van der Waals surface area contributed by atoms with E-state index in [2.05, 4.69) is 4.98 Å². The number of carbonyl (C=O) groups is 1. The molecule has 0 unspecified atom stereocenters. The standard InChI is InChI=1S/C13H19N3O/c1-10-4-2-8-15-12(10)13(17)16(9-3-7-14)11-5-6-11/h2,4,8,11H,3,5-7,9,14H2,1H3. The fourth-order valence-corrected chi connectivity index (χ4v) is 1.94. The molecule has 2 rings (SSSR count). The summed E-state index contributed by atoms with van der Waals surface area (Å²) >= 11 is 0. The van der Waals surface area contributed by atoms with Gasteiger partial charge in [-0.1, -0.05) is 6.07 Å². The highest BCUT2D eigenvalue weighted by molar-refractivity contribution is 5.94. The minimum Gasteiger partial charge on any atom is -0.334 e. The van der Waals surface area contributed by atoms with Crippen molar-refractivity contribution in [2.24, 2.45) is 5.73 Å². The van der Waals surface area contributed by atoms with E-state index >= 15 is 0 Å². The first-order chi connectivity index (χ1) is 8.24. The monoisotopic (exact) mass is 233 g/mol. The quantitative estimate of drug-likeness (QED) is 0.835. The molecule has 0 bridgehead atoms. The first-order valence-corrected chi connectivity index (χ1v) is 6.16. The van der Waals surface area contributed by atoms with Gasteiger partial charge in [0, 0.05) is 18.8 Å². The summed E-state index contributed by atoms with van der Waals surface area (Å²) in [5, 5.41) is 0. The molecule has 0 radical (unpaired) electrons. The van der Waals surface area contributed by atoms with Crippen LogP contribution in [0.25, 0.3) is 0 Å². The third kappa shape index (κ3) is 2.82. The first-order valence-electron chi connectivity index (χ1n) is 6.16. The third-order valence-corrected chi connectivity index (χ3v) is 3.06. The van der Waals surface area contributed by atoms with Crippen molar-refractivity contribution in [3.63, 3.8) is 0 Å². The molecule has 1 amide bonds. The zero-order chi connectivity index (χ0) is 12.3. The Morgan fingerprint density at radius 3 is 2.94 bits per heavy atom. The van der Waals surface area contributed by atoms with Gasteiger partial charge < -0.3 is 10.6 Å². The number of nitrogens with two attached hydrogens (primary N) is 1. The number of aromatic nitrogens is 1. The molecule has 4 nitrogen and oxygen atoms in total. The number of rotatable bonds is 5. The second-order valence-corrected chi connectivity index (χ2v) is 4.54. The summed E-state index contributed by atoms with van der Waals surface area (Å²) in [7, 11) is 0. The van der Waals surface area contributed by atoms with Crippen molar-refractivity contribution in [3.05, 3.63) is 29.6 Å². The molecule has 2 N–H and O–H groups in total. The Bertz CT molecular complexity index is 401. The highest BCUT2D eigenvalue weighted by Crippen LogP contribution is 2.28. The maximum Gasteiger partial charge on any atom is 0.272 e. The molecular formula is C13H19N3O. The van der Waals surface area contributed by atoms with Crippen LogP contribution >= 0.6 is 0 Å². The summed E-state index contributed by atoms with van der Waals surface area (Å²) in [6.07, 6.45) is 4.76. The number of aryl methyl sites for hydroxylation is 1. The van der Waals surface area contributed by atoms with Crippen LogP contribution in [0.3, 0.4) is 0 Å². The molecule has 0 spiro atoms. The van der Waals surface area contributed by atoms with Gasteiger partial charge in [0.15, 0.2) is 0 Å². The molecule has 4 heteroatoms. The van der Waals surface area contributed by atoms with Gasteiger partial charge >= 0.3 is 0 Å². The van der Waals surface area contributed by atoms with Gasteiger partial charge in [0.2, 0.25) is 0 Å². The summed E-state index contributed by atoms with van der Waals surface area (Å²) in [6, 6.07) is 4.19. The van der Waals surface area contributed by atoms with E-state index in [0.717, 1.165) is 31.4 Å². The first kappa shape index (κ1) is 12.0. The van der Waals surface area contributed by atoms with Crippen LogP contribution in [0.5, 0.6) is 0 Å². The predicted molar refractivity (Wildman–Crippen MR) is 66.7 cm³/mol. The van der Waals surface area contributed by atoms with Gasteiger partial charge in [-0.3, -0.25) is 9.78 Å². The van der Waals surface area contributed by atoms with Crippen molar-refractivity contribution in [1.29, 1.82) is 0 Å². The van der Waals surface area contributed by atoms with E-state index in [1.54, 1.807) is 6.20 Å². The average Bonchev–Trinajstić information content (AvgIpc) is 3.14. The van der Waals surface area contributed by atoms with Gasteiger partial charge in [-0.25, -0.2) is 0 Å². The minimum absolute atomic E-state index is 0.0547. The summed E-state index contributed by atoms with van der Waals surface area (Å²) in [6.45, 7) is 3.29. The topological polar surface area (TPSA) is 59.2 Å². The van der Waals surface area contributed by atoms with Gasteiger partial charge in [-0.05, 0) is 44.4 Å². The maximum absolute atomic E-state index is 12.4. The van der Waals surface area contributed by atoms with E-state index in [4.69, 9.17) is 5.73 Å². The molecule has 0 aromatic carbocycles. The second-order valence-electron chi connectivity index (χ2n) is 4.54. The molecule has 1 saturated carbocycles. The fourth-order valence-electron chi connectivity index (χ4n) is 1.94. The second kappa shape index (κ2) is 5.27. The third-order valence-electron chi connectivity index (χ3n) is 3.06. The van der Waals surface area contributed by atoms with Crippen LogP contribution in [-0.2, 0) is 0 Å². The van der Waals surface area contributed by atoms with Crippen molar-refractivity contribution in [2.45, 2.75) is 32.2 Å². The van der Waals surface area contributed by atoms with Crippen molar-refractivity contribution in [2.75, 3.05) is 13.1 Å². The number of carbonyl (C=O) groups excluding carboxylic acids is 1. The van der Waals surface area contributed by atoms with Crippen molar-refractivity contribution >= 4 is 5.91 Å². The lowest BCUT2D eigenvalue weighted by Crippen LogP contribution is -2.35. The molecule has 92 valence electrons. The molecular weight excluding hydrogens is 214 g/mol. The van der Waals surface area contributed by atoms with E-state index in [0.29, 0.717) is 18.3 Å². The molecule has 1 aliphatic rings. The van der Waals surface area contributed by atoms with E-state index in [1.165, 1.54) is 0 Å². The number of hydrogen-bond acceptors (Lipinski definition) is 3. The van der Waals surface area contributed by atoms with Crippen LogP contribution in [0, 0.1) is 6.92 Å². The summed E-state index contributed by atoms with van der Waals surface area (Å²) in [5.74, 6) is 0.0547. The molecule has 17 heavy (non-hydrogen) atoms. The Kier molecular flexibility index (Phi) is 3.74. The summed E-state index contributed by atoms with van der Waals surface area (Å²) in [5.41, 5.74) is 7.03. The van der Waals surface area contributed by atoms with E-state index < -0.39 is 0 Å². The number of hydrogen-bond donors (Lipinski definition) is 1. The maximum atomic E-state index is 12.4. The van der Waals surface area contributed by atoms with Crippen LogP contribution in [0.4, 0.5) is 0 Å². The Hall–Kier alpha value is -1.42. The van der Waals surface area contributed by atoms with Crippen LogP contribution in [0.2, 0.25) is 0 Å². The molecule has 1 heterocycles. The van der Waals surface area contributed by atoms with Gasteiger partial charge in [0.1, 0.15) is 5.69 Å². The largest absolute Gasteiger partial charge is 0.334 e. The highest BCUT2D eigenvalue weighted by Gasteiger charge is 2.33. The molecule has 1 aliphatic carbocycles. The number of pyridine rings is 1. The van der Waals surface area contributed by atoms with E-state index in [1.807, 2.05) is 24.0 Å². The van der Waals surface area contributed by atoms with Crippen molar-refractivity contribution in [1.82, 2.24) is 9.88 Å². The SMILES string of the molecule is Cc1cccnc1C(=O)N(CCCN)C1CC1. The fraction of sp³-hybridized carbons (Fsp3) is 0.538. The average molecular weight is 233 g/mol. The molecule has 1 aromatic rings. The Labute approximate surface area is 102 Å². The minimum atomic E-state index is 0.0547. The van der Waals surface area contributed by atoms with Gasteiger partial charge in [-0.15, -0.1) is 0 Å². The molecule has 0 atom stereocenters. The van der Waals surface area contributed by atoms with Gasteiger partial charge in [0.05, 0.1) is 0 Å². The number of nitrogens with zero attached hydrogens (tertiary/aromatic N) is 2. The van der Waals surface area contributed by atoms with E-state index in [9.17, 15) is 4.79 Å². The lowest BCUT2D eigenvalue weighted by molar-refractivity contribution is 0.0735. The zero-order valence-electron chi connectivity index (χ0n) is 10.2. The van der Waals surface area contributed by atoms with Crippen molar-refractivity contribution < 1.29 is 4.79 Å². The smallest absolute Gasteiger partial charge is 0.272 e. The number of amides is 1. The Morgan fingerprint density at radius 1 is 1.59 bits per heavy atom. The van der Waals surface area contributed by atoms with Crippen molar-refractivity contribution in [3.8, 4) is 0 Å². The van der Waals surface area contributed by atoms with Crippen LogP contribution in [0.15, 0.2) is 18.3 Å². The molecule has 1 aromatic heterocycles. The Balaban J connectivity index is 2.13. The van der Waals surface area contributed by atoms with Crippen LogP contribution in [-0.4, -0.2) is 34.9 Å². The van der Waals surface area contributed by atoms with Gasteiger partial charge in [-0.2, -0.15) is 0 Å². The highest BCUT2D eigenvalue weighted by atomic mass is 16.2.